The third-order valence-electron chi connectivity index (χ3n) is 4.90. The van der Waals surface area contributed by atoms with Crippen molar-refractivity contribution in [2.24, 2.45) is 5.92 Å². The molecule has 0 amide bonds. The number of carbonyl (C=O) groups excluding carboxylic acids is 1. The number of Topliss-reactive ketones (excluding diaryl/α,β-unsaturated/α-hetero) is 1. The number of anilines is 1. The number of halogens is 1. The van der Waals surface area contributed by atoms with E-state index in [1.807, 2.05) is 30.3 Å². The Bertz CT molecular complexity index is 899. The maximum Gasteiger partial charge on any atom is 0.166 e. The number of ketones is 1. The zero-order valence-electron chi connectivity index (χ0n) is 13.9. The second-order valence-electron chi connectivity index (χ2n) is 6.49. The van der Waals surface area contributed by atoms with Crippen LogP contribution in [0.3, 0.4) is 0 Å². The van der Waals surface area contributed by atoms with E-state index >= 15 is 0 Å². The molecule has 126 valence electrons. The smallest absolute Gasteiger partial charge is 0.166 e. The molecule has 25 heavy (non-hydrogen) atoms. The molecule has 1 fully saturated rings. The maximum atomic E-state index is 12.7. The van der Waals surface area contributed by atoms with Crippen LogP contribution in [0.2, 0.25) is 5.02 Å². The highest BCUT2D eigenvalue weighted by Crippen LogP contribution is 2.26. The number of carbonyl (C=O) groups is 1. The Labute approximate surface area is 152 Å². The van der Waals surface area contributed by atoms with Crippen LogP contribution in [0.4, 0.5) is 5.82 Å². The Morgan fingerprint density at radius 2 is 1.68 bits per heavy atom. The molecule has 0 bridgehead atoms. The molecule has 0 radical (unpaired) electrons. The molecule has 4 rings (SSSR count). The van der Waals surface area contributed by atoms with Gasteiger partial charge in [0.2, 0.25) is 0 Å². The lowest BCUT2D eigenvalue weighted by Gasteiger charge is -2.32. The zero-order valence-corrected chi connectivity index (χ0v) is 14.6. The Balaban J connectivity index is 1.45. The van der Waals surface area contributed by atoms with Gasteiger partial charge in [0.15, 0.2) is 5.78 Å². The summed E-state index contributed by atoms with van der Waals surface area (Å²) < 4.78 is 0. The van der Waals surface area contributed by atoms with Gasteiger partial charge in [-0.25, -0.2) is 4.98 Å². The summed E-state index contributed by atoms with van der Waals surface area (Å²) in [6, 6.07) is 19.5. The number of hydrogen-bond donors (Lipinski definition) is 0. The molecule has 0 saturated carbocycles. The Morgan fingerprint density at radius 1 is 0.960 bits per heavy atom. The molecule has 1 aliphatic heterocycles. The van der Waals surface area contributed by atoms with Crippen molar-refractivity contribution in [3.05, 3.63) is 71.2 Å². The van der Waals surface area contributed by atoms with Crippen molar-refractivity contribution >= 4 is 34.1 Å². The van der Waals surface area contributed by atoms with Crippen LogP contribution >= 0.6 is 11.6 Å². The number of rotatable bonds is 3. The molecule has 1 saturated heterocycles. The highest BCUT2D eigenvalue weighted by atomic mass is 35.5. The minimum absolute atomic E-state index is 0.0814. The molecule has 1 aromatic heterocycles. The summed E-state index contributed by atoms with van der Waals surface area (Å²) in [5, 5.41) is 1.81. The third kappa shape index (κ3) is 3.38. The third-order valence-corrected chi connectivity index (χ3v) is 5.15. The summed E-state index contributed by atoms with van der Waals surface area (Å²) in [6.45, 7) is 1.71. The van der Waals surface area contributed by atoms with Gasteiger partial charge in [0, 0.05) is 35.0 Å². The molecule has 4 heteroatoms. The Morgan fingerprint density at radius 3 is 2.44 bits per heavy atom. The second-order valence-corrected chi connectivity index (χ2v) is 6.93. The van der Waals surface area contributed by atoms with Crippen molar-refractivity contribution in [3.8, 4) is 0 Å². The Hall–Kier alpha value is -2.39. The lowest BCUT2D eigenvalue weighted by atomic mass is 9.89. The first-order valence-electron chi connectivity index (χ1n) is 8.61. The molecule has 0 unspecified atom stereocenters. The number of nitrogens with zero attached hydrogens (tertiary/aromatic N) is 2. The first-order chi connectivity index (χ1) is 12.2. The van der Waals surface area contributed by atoms with Gasteiger partial charge in [-0.05, 0) is 55.3 Å². The van der Waals surface area contributed by atoms with Crippen molar-refractivity contribution in [1.29, 1.82) is 0 Å². The van der Waals surface area contributed by atoms with Crippen molar-refractivity contribution in [2.45, 2.75) is 12.8 Å². The van der Waals surface area contributed by atoms with E-state index in [0.717, 1.165) is 48.2 Å². The van der Waals surface area contributed by atoms with Crippen LogP contribution in [0.1, 0.15) is 23.2 Å². The van der Waals surface area contributed by atoms with Gasteiger partial charge in [0.05, 0.1) is 5.52 Å². The van der Waals surface area contributed by atoms with Gasteiger partial charge in [0.25, 0.3) is 0 Å². The summed E-state index contributed by atoms with van der Waals surface area (Å²) in [4.78, 5) is 19.7. The van der Waals surface area contributed by atoms with Crippen LogP contribution in [-0.2, 0) is 0 Å². The van der Waals surface area contributed by atoms with Gasteiger partial charge in [-0.2, -0.15) is 0 Å². The van der Waals surface area contributed by atoms with Crippen LogP contribution in [-0.4, -0.2) is 23.9 Å². The monoisotopic (exact) mass is 350 g/mol. The summed E-state index contributed by atoms with van der Waals surface area (Å²) in [7, 11) is 0. The maximum absolute atomic E-state index is 12.7. The predicted octanol–water partition coefficient (Wildman–Crippen LogP) is 4.99. The van der Waals surface area contributed by atoms with Crippen LogP contribution in [0.5, 0.6) is 0 Å². The molecule has 0 atom stereocenters. The fraction of sp³-hybridized carbons (Fsp3) is 0.238. The fourth-order valence-corrected chi connectivity index (χ4v) is 3.58. The first-order valence-corrected chi connectivity index (χ1v) is 8.99. The molecule has 2 heterocycles. The minimum atomic E-state index is 0.0814. The number of para-hydroxylation sites is 1. The largest absolute Gasteiger partial charge is 0.357 e. The number of aromatic nitrogens is 1. The van der Waals surface area contributed by atoms with Gasteiger partial charge in [-0.15, -0.1) is 0 Å². The van der Waals surface area contributed by atoms with E-state index in [9.17, 15) is 4.79 Å². The van der Waals surface area contributed by atoms with Gasteiger partial charge >= 0.3 is 0 Å². The highest BCUT2D eigenvalue weighted by Gasteiger charge is 2.26. The normalized spacial score (nSPS) is 15.5. The average Bonchev–Trinajstić information content (AvgIpc) is 2.68. The Kier molecular flexibility index (Phi) is 4.41. The van der Waals surface area contributed by atoms with Gasteiger partial charge in [-0.3, -0.25) is 4.79 Å². The quantitative estimate of drug-likeness (QED) is 0.624. The van der Waals surface area contributed by atoms with Gasteiger partial charge in [-0.1, -0.05) is 29.8 Å². The standard InChI is InChI=1S/C21H19ClN2O/c22-18-8-5-16(6-9-18)21(25)17-11-13-24(14-12-17)20-10-7-15-3-1-2-4-19(15)23-20/h1-10,17H,11-14H2. The number of fused-ring (bicyclic) bond motifs is 1. The van der Waals surface area contributed by atoms with E-state index < -0.39 is 0 Å². The van der Waals surface area contributed by atoms with E-state index in [1.165, 1.54) is 0 Å². The summed E-state index contributed by atoms with van der Waals surface area (Å²) in [5.74, 6) is 1.30. The van der Waals surface area contributed by atoms with E-state index in [2.05, 4.69) is 23.1 Å². The van der Waals surface area contributed by atoms with Crippen LogP contribution in [0, 0.1) is 5.92 Å². The van der Waals surface area contributed by atoms with Crippen LogP contribution in [0.15, 0.2) is 60.7 Å². The summed E-state index contributed by atoms with van der Waals surface area (Å²) in [5.41, 5.74) is 1.77. The van der Waals surface area contributed by atoms with Crippen molar-refractivity contribution < 1.29 is 4.79 Å². The topological polar surface area (TPSA) is 33.2 Å². The molecule has 0 N–H and O–H groups in total. The van der Waals surface area contributed by atoms with Crippen LogP contribution < -0.4 is 4.90 Å². The average molecular weight is 351 g/mol. The SMILES string of the molecule is O=C(c1ccc(Cl)cc1)C1CCN(c2ccc3ccccc3n2)CC1. The molecule has 0 aliphatic carbocycles. The zero-order chi connectivity index (χ0) is 17.2. The lowest BCUT2D eigenvalue weighted by molar-refractivity contribution is 0.0900. The predicted molar refractivity (Wildman–Crippen MR) is 102 cm³/mol. The lowest BCUT2D eigenvalue weighted by Crippen LogP contribution is -2.36. The van der Waals surface area contributed by atoms with E-state index in [0.29, 0.717) is 5.02 Å². The van der Waals surface area contributed by atoms with E-state index in [4.69, 9.17) is 16.6 Å². The number of hydrogen-bond acceptors (Lipinski definition) is 3. The first kappa shape index (κ1) is 16.1. The molecule has 0 spiro atoms. The molecule has 3 nitrogen and oxygen atoms in total. The van der Waals surface area contributed by atoms with E-state index in [-0.39, 0.29) is 11.7 Å². The van der Waals surface area contributed by atoms with Crippen molar-refractivity contribution in [1.82, 2.24) is 4.98 Å². The fourth-order valence-electron chi connectivity index (χ4n) is 3.45. The molecular formula is C21H19ClN2O. The number of pyridine rings is 1. The van der Waals surface area contributed by atoms with Crippen molar-refractivity contribution in [3.63, 3.8) is 0 Å². The number of piperidine rings is 1. The molecule has 2 aromatic carbocycles. The second kappa shape index (κ2) is 6.85. The van der Waals surface area contributed by atoms with Crippen molar-refractivity contribution in [2.75, 3.05) is 18.0 Å². The van der Waals surface area contributed by atoms with E-state index in [1.54, 1.807) is 12.1 Å². The highest BCUT2D eigenvalue weighted by molar-refractivity contribution is 6.30. The molecule has 3 aromatic rings. The van der Waals surface area contributed by atoms with Gasteiger partial charge < -0.3 is 4.90 Å². The van der Waals surface area contributed by atoms with Gasteiger partial charge in [0.1, 0.15) is 5.82 Å². The summed E-state index contributed by atoms with van der Waals surface area (Å²) in [6.07, 6.45) is 1.71. The number of benzene rings is 2. The van der Waals surface area contributed by atoms with Crippen LogP contribution in [0.25, 0.3) is 10.9 Å². The molecular weight excluding hydrogens is 332 g/mol. The minimum Gasteiger partial charge on any atom is -0.357 e. The summed E-state index contributed by atoms with van der Waals surface area (Å²) >= 11 is 5.91. The molecule has 1 aliphatic rings.